The Labute approximate surface area is 112 Å². The number of allylic oxidation sites excluding steroid dienone is 4. The first kappa shape index (κ1) is 13.8. The molecule has 1 unspecified atom stereocenters. The summed E-state index contributed by atoms with van der Waals surface area (Å²) >= 11 is 5.79. The molecule has 0 amide bonds. The molecule has 1 aliphatic carbocycles. The summed E-state index contributed by atoms with van der Waals surface area (Å²) in [5.41, 5.74) is 0.142. The molecule has 0 fully saturated rings. The van der Waals surface area contributed by atoms with Crippen molar-refractivity contribution in [3.8, 4) is 0 Å². The van der Waals surface area contributed by atoms with Crippen LogP contribution in [0, 0.1) is 0 Å². The molecule has 1 aromatic heterocycles. The van der Waals surface area contributed by atoms with E-state index in [4.69, 9.17) is 11.6 Å². The van der Waals surface area contributed by atoms with Crippen LogP contribution in [0.3, 0.4) is 0 Å². The maximum absolute atomic E-state index is 12.5. The first-order valence-electron chi connectivity index (χ1n) is 5.48. The van der Waals surface area contributed by atoms with Gasteiger partial charge in [0, 0.05) is 12.1 Å². The maximum Gasteiger partial charge on any atom is 0.416 e. The van der Waals surface area contributed by atoms with Gasteiger partial charge in [-0.05, 0) is 18.1 Å². The largest absolute Gasteiger partial charge is 0.416 e. The van der Waals surface area contributed by atoms with E-state index in [1.54, 1.807) is 6.07 Å². The highest BCUT2D eigenvalue weighted by molar-refractivity contribution is 6.31. The summed E-state index contributed by atoms with van der Waals surface area (Å²) in [7, 11) is 0. The Bertz CT molecular complexity index is 563. The second-order valence-corrected chi connectivity index (χ2v) is 4.44. The van der Waals surface area contributed by atoms with Crippen LogP contribution in [0.25, 0.3) is 0 Å². The van der Waals surface area contributed by atoms with Gasteiger partial charge in [-0.3, -0.25) is 4.79 Å². The Kier molecular flexibility index (Phi) is 3.75. The number of aromatic nitrogens is 1. The van der Waals surface area contributed by atoms with Crippen LogP contribution < -0.4 is 0 Å². The van der Waals surface area contributed by atoms with Gasteiger partial charge in [-0.1, -0.05) is 29.8 Å². The fraction of sp³-hybridized carbons (Fsp3) is 0.231. The van der Waals surface area contributed by atoms with Gasteiger partial charge in [0.05, 0.1) is 11.1 Å². The highest BCUT2D eigenvalue weighted by Crippen LogP contribution is 2.35. The minimum atomic E-state index is -4.34. The predicted molar refractivity (Wildman–Crippen MR) is 65.3 cm³/mol. The van der Waals surface area contributed by atoms with E-state index in [0.717, 1.165) is 12.2 Å². The number of carbonyl (C=O) groups excluding carboxylic acids is 1. The zero-order valence-electron chi connectivity index (χ0n) is 9.62. The zero-order valence-corrected chi connectivity index (χ0v) is 10.4. The molecule has 0 spiro atoms. The minimum Gasteiger partial charge on any atom is -0.298 e. The molecular weight excluding hydrogens is 279 g/mol. The second-order valence-electron chi connectivity index (χ2n) is 4.08. The summed E-state index contributed by atoms with van der Waals surface area (Å²) in [6.45, 7) is 0. The first-order chi connectivity index (χ1) is 8.93. The van der Waals surface area contributed by atoms with Crippen LogP contribution in [-0.4, -0.2) is 17.4 Å². The van der Waals surface area contributed by atoms with Gasteiger partial charge in [-0.15, -0.1) is 0 Å². The molecule has 0 N–H and O–H groups in total. The molecule has 19 heavy (non-hydrogen) atoms. The third kappa shape index (κ3) is 2.87. The van der Waals surface area contributed by atoms with Crippen LogP contribution in [0.5, 0.6) is 0 Å². The first-order valence-corrected chi connectivity index (χ1v) is 5.86. The number of hydrogen-bond donors (Lipinski definition) is 0. The molecule has 0 saturated carbocycles. The number of hydrogen-bond acceptors (Lipinski definition) is 2. The van der Waals surface area contributed by atoms with Crippen LogP contribution >= 0.6 is 11.6 Å². The van der Waals surface area contributed by atoms with E-state index in [0.29, 0.717) is 11.8 Å². The fourth-order valence-corrected chi connectivity index (χ4v) is 2.17. The molecule has 2 rings (SSSR count). The normalized spacial score (nSPS) is 19.2. The lowest BCUT2D eigenvalue weighted by molar-refractivity contribution is -0.0886. The van der Waals surface area contributed by atoms with Crippen molar-refractivity contribution in [3.05, 3.63) is 52.3 Å². The molecule has 1 heterocycles. The van der Waals surface area contributed by atoms with Gasteiger partial charge in [-0.25, -0.2) is 4.98 Å². The van der Waals surface area contributed by atoms with Crippen LogP contribution in [0.15, 0.2) is 36.1 Å². The van der Waals surface area contributed by atoms with Crippen molar-refractivity contribution in [2.45, 2.75) is 18.5 Å². The highest BCUT2D eigenvalue weighted by Gasteiger charge is 2.33. The van der Waals surface area contributed by atoms with Crippen molar-refractivity contribution >= 4 is 17.9 Å². The third-order valence-corrected chi connectivity index (χ3v) is 3.22. The Hall–Kier alpha value is -1.62. The number of aldehydes is 1. The molecule has 0 aliphatic heterocycles. The van der Waals surface area contributed by atoms with Crippen LogP contribution in [0.2, 0.25) is 5.15 Å². The quantitative estimate of drug-likeness (QED) is 0.606. The summed E-state index contributed by atoms with van der Waals surface area (Å²) in [5.74, 6) is -0.299. The van der Waals surface area contributed by atoms with E-state index in [9.17, 15) is 18.0 Å². The SMILES string of the molecule is O=Cc1c(C2C=CC(C(F)(F)F)=CC2)ccnc1Cl. The summed E-state index contributed by atoms with van der Waals surface area (Å²) in [6.07, 6.45) is 1.41. The summed E-state index contributed by atoms with van der Waals surface area (Å²) in [6, 6.07) is 1.59. The predicted octanol–water partition coefficient (Wildman–Crippen LogP) is 4.08. The smallest absolute Gasteiger partial charge is 0.298 e. The van der Waals surface area contributed by atoms with Crippen LogP contribution in [0.4, 0.5) is 13.2 Å². The van der Waals surface area contributed by atoms with Crippen molar-refractivity contribution in [2.75, 3.05) is 0 Å². The zero-order chi connectivity index (χ0) is 14.0. The van der Waals surface area contributed by atoms with E-state index < -0.39 is 11.7 Å². The topological polar surface area (TPSA) is 30.0 Å². The van der Waals surface area contributed by atoms with E-state index in [-0.39, 0.29) is 23.1 Å². The number of alkyl halides is 3. The Morgan fingerprint density at radius 1 is 1.42 bits per heavy atom. The number of carbonyl (C=O) groups is 1. The van der Waals surface area contributed by atoms with E-state index >= 15 is 0 Å². The van der Waals surface area contributed by atoms with Crippen molar-refractivity contribution in [2.24, 2.45) is 0 Å². The van der Waals surface area contributed by atoms with E-state index in [2.05, 4.69) is 4.98 Å². The monoisotopic (exact) mass is 287 g/mol. The van der Waals surface area contributed by atoms with Gasteiger partial charge >= 0.3 is 6.18 Å². The molecule has 2 nitrogen and oxygen atoms in total. The van der Waals surface area contributed by atoms with Crippen molar-refractivity contribution in [1.82, 2.24) is 4.98 Å². The Balaban J connectivity index is 2.29. The summed E-state index contributed by atoms with van der Waals surface area (Å²) in [5, 5.41) is 0.0616. The van der Waals surface area contributed by atoms with Crippen molar-refractivity contribution < 1.29 is 18.0 Å². The standard InChI is InChI=1S/C13H9ClF3NO/c14-12-11(7-19)10(5-6-18-12)8-1-3-9(4-2-8)13(15,16)17/h1,3-8H,2H2. The van der Waals surface area contributed by atoms with Crippen molar-refractivity contribution in [1.29, 1.82) is 0 Å². The summed E-state index contributed by atoms with van der Waals surface area (Å²) in [4.78, 5) is 14.7. The number of rotatable bonds is 2. The molecule has 100 valence electrons. The molecule has 1 aliphatic rings. The molecule has 0 aromatic carbocycles. The lowest BCUT2D eigenvalue weighted by Crippen LogP contribution is -2.13. The maximum atomic E-state index is 12.5. The number of halogens is 4. The molecule has 6 heteroatoms. The molecule has 1 aromatic rings. The average Bonchev–Trinajstić information content (AvgIpc) is 2.37. The van der Waals surface area contributed by atoms with Gasteiger partial charge in [-0.2, -0.15) is 13.2 Å². The summed E-state index contributed by atoms with van der Waals surface area (Å²) < 4.78 is 37.4. The van der Waals surface area contributed by atoms with E-state index in [1.165, 1.54) is 12.3 Å². The van der Waals surface area contributed by atoms with Gasteiger partial charge in [0.25, 0.3) is 0 Å². The lowest BCUT2D eigenvalue weighted by atomic mass is 9.88. The molecular formula is C13H9ClF3NO. The van der Waals surface area contributed by atoms with Gasteiger partial charge in [0.15, 0.2) is 6.29 Å². The Morgan fingerprint density at radius 3 is 2.68 bits per heavy atom. The van der Waals surface area contributed by atoms with Gasteiger partial charge < -0.3 is 0 Å². The second kappa shape index (κ2) is 5.17. The Morgan fingerprint density at radius 2 is 2.16 bits per heavy atom. The molecule has 0 bridgehead atoms. The third-order valence-electron chi connectivity index (χ3n) is 2.92. The lowest BCUT2D eigenvalue weighted by Gasteiger charge is -2.19. The number of pyridine rings is 1. The fourth-order valence-electron chi connectivity index (χ4n) is 1.96. The van der Waals surface area contributed by atoms with Crippen molar-refractivity contribution in [3.63, 3.8) is 0 Å². The van der Waals surface area contributed by atoms with Crippen LogP contribution in [0.1, 0.15) is 28.3 Å². The average molecular weight is 288 g/mol. The molecule has 1 atom stereocenters. The van der Waals surface area contributed by atoms with Crippen LogP contribution in [-0.2, 0) is 0 Å². The van der Waals surface area contributed by atoms with Gasteiger partial charge in [0.1, 0.15) is 5.15 Å². The number of nitrogens with zero attached hydrogens (tertiary/aromatic N) is 1. The minimum absolute atomic E-state index is 0.0616. The molecule has 0 radical (unpaired) electrons. The highest BCUT2D eigenvalue weighted by atomic mass is 35.5. The van der Waals surface area contributed by atoms with E-state index in [1.807, 2.05) is 0 Å². The molecule has 0 saturated heterocycles. The van der Waals surface area contributed by atoms with Gasteiger partial charge in [0.2, 0.25) is 0 Å².